The molecule has 0 fully saturated rings. The molecule has 0 amide bonds. The van der Waals surface area contributed by atoms with Gasteiger partial charge in [0.15, 0.2) is 11.5 Å². The second kappa shape index (κ2) is 13.5. The Morgan fingerprint density at radius 2 is 0.786 bits per heavy atom. The molecule has 0 atom stereocenters. The SMILES string of the molecule is CCCc1cccc(Oc2cccc(Oc3ccc(Oc4cccc(Oc5cccc(CCC)c5N)c4)cc3)c2)c1N. The minimum absolute atomic E-state index is 0.641. The van der Waals surface area contributed by atoms with Gasteiger partial charge in [0.2, 0.25) is 0 Å². The van der Waals surface area contributed by atoms with Crippen molar-refractivity contribution >= 4 is 11.4 Å². The first-order chi connectivity index (χ1) is 20.5. The maximum atomic E-state index is 6.33. The predicted molar refractivity (Wildman–Crippen MR) is 169 cm³/mol. The van der Waals surface area contributed by atoms with Crippen LogP contribution in [0.15, 0.2) is 109 Å². The summed E-state index contributed by atoms with van der Waals surface area (Å²) >= 11 is 0. The van der Waals surface area contributed by atoms with Crippen molar-refractivity contribution < 1.29 is 18.9 Å². The summed E-state index contributed by atoms with van der Waals surface area (Å²) in [5.41, 5.74) is 16.2. The number of nitrogen functional groups attached to an aromatic ring is 2. The number of aryl methyl sites for hydroxylation is 2. The molecule has 6 nitrogen and oxygen atoms in total. The van der Waals surface area contributed by atoms with Crippen molar-refractivity contribution in [2.45, 2.75) is 39.5 Å². The normalized spacial score (nSPS) is 10.7. The molecule has 0 aromatic heterocycles. The van der Waals surface area contributed by atoms with Crippen molar-refractivity contribution in [1.82, 2.24) is 0 Å². The molecule has 0 bridgehead atoms. The zero-order chi connectivity index (χ0) is 29.3. The highest BCUT2D eigenvalue weighted by molar-refractivity contribution is 5.61. The Morgan fingerprint density at radius 3 is 1.17 bits per heavy atom. The van der Waals surface area contributed by atoms with Crippen molar-refractivity contribution in [2.75, 3.05) is 11.5 Å². The third-order valence-corrected chi connectivity index (χ3v) is 6.71. The standard InChI is InChI=1S/C36H36N2O4/c1-3-9-25-11-5-17-33(35(25)37)41-31-15-7-13-29(23-31)39-27-19-21-28(22-20-27)40-30-14-8-16-32(24-30)42-34-18-6-12-26(10-4-2)36(34)38/h5-8,11-24H,3-4,9-10,37-38H2,1-2H3. The van der Waals surface area contributed by atoms with Crippen molar-refractivity contribution in [2.24, 2.45) is 0 Å². The molecule has 0 radical (unpaired) electrons. The van der Waals surface area contributed by atoms with E-state index in [2.05, 4.69) is 13.8 Å². The van der Waals surface area contributed by atoms with Gasteiger partial charge in [0.1, 0.15) is 34.5 Å². The van der Waals surface area contributed by atoms with Gasteiger partial charge < -0.3 is 30.4 Å². The summed E-state index contributed by atoms with van der Waals surface area (Å²) in [6, 6.07) is 34.1. The van der Waals surface area contributed by atoms with Crippen molar-refractivity contribution in [3.8, 4) is 46.0 Å². The van der Waals surface area contributed by atoms with Crippen LogP contribution in [0.4, 0.5) is 11.4 Å². The van der Waals surface area contributed by atoms with Crippen LogP contribution in [0.5, 0.6) is 46.0 Å². The third-order valence-electron chi connectivity index (χ3n) is 6.71. The molecule has 0 saturated carbocycles. The molecular weight excluding hydrogens is 524 g/mol. The summed E-state index contributed by atoms with van der Waals surface area (Å²) in [5.74, 6) is 5.22. The van der Waals surface area contributed by atoms with Gasteiger partial charge in [-0.25, -0.2) is 0 Å². The van der Waals surface area contributed by atoms with Gasteiger partial charge >= 0.3 is 0 Å². The van der Waals surface area contributed by atoms with Crippen LogP contribution in [0.2, 0.25) is 0 Å². The Kier molecular flexibility index (Phi) is 9.14. The fourth-order valence-electron chi connectivity index (χ4n) is 4.64. The van der Waals surface area contributed by atoms with E-state index in [1.54, 1.807) is 0 Å². The zero-order valence-corrected chi connectivity index (χ0v) is 24.0. The predicted octanol–water partition coefficient (Wildman–Crippen LogP) is 9.93. The third kappa shape index (κ3) is 7.15. The Morgan fingerprint density at radius 1 is 0.429 bits per heavy atom. The number of hydrogen-bond acceptors (Lipinski definition) is 6. The lowest BCUT2D eigenvalue weighted by atomic mass is 10.1. The minimum atomic E-state index is 0.641. The van der Waals surface area contributed by atoms with Crippen LogP contribution in [0.1, 0.15) is 37.8 Å². The minimum Gasteiger partial charge on any atom is -0.457 e. The van der Waals surface area contributed by atoms with E-state index in [1.807, 2.05) is 109 Å². The van der Waals surface area contributed by atoms with Crippen molar-refractivity contribution in [3.63, 3.8) is 0 Å². The Balaban J connectivity index is 1.22. The van der Waals surface area contributed by atoms with Crippen molar-refractivity contribution in [1.29, 1.82) is 0 Å². The smallest absolute Gasteiger partial charge is 0.150 e. The van der Waals surface area contributed by atoms with Crippen molar-refractivity contribution in [3.05, 3.63) is 120 Å². The fraction of sp³-hybridized carbons (Fsp3) is 0.167. The van der Waals surface area contributed by atoms with Crippen LogP contribution in [0.3, 0.4) is 0 Å². The van der Waals surface area contributed by atoms with E-state index in [0.717, 1.165) is 36.8 Å². The molecule has 0 aliphatic rings. The topological polar surface area (TPSA) is 89.0 Å². The summed E-state index contributed by atoms with van der Waals surface area (Å²) in [6.07, 6.45) is 3.86. The number of para-hydroxylation sites is 2. The molecular formula is C36H36N2O4. The van der Waals surface area contributed by atoms with Gasteiger partial charge in [-0.15, -0.1) is 0 Å². The van der Waals surface area contributed by atoms with E-state index >= 15 is 0 Å². The monoisotopic (exact) mass is 560 g/mol. The van der Waals surface area contributed by atoms with E-state index in [-0.39, 0.29) is 0 Å². The van der Waals surface area contributed by atoms with Crippen LogP contribution in [-0.4, -0.2) is 0 Å². The lowest BCUT2D eigenvalue weighted by Gasteiger charge is -2.13. The molecule has 0 spiro atoms. The molecule has 0 aliphatic heterocycles. The lowest BCUT2D eigenvalue weighted by Crippen LogP contribution is -1.98. The number of rotatable bonds is 12. The van der Waals surface area contributed by atoms with Crippen LogP contribution in [0, 0.1) is 0 Å². The molecule has 5 rings (SSSR count). The summed E-state index contributed by atoms with van der Waals surface area (Å²) in [7, 11) is 0. The van der Waals surface area contributed by atoms with Gasteiger partial charge in [0.25, 0.3) is 0 Å². The maximum Gasteiger partial charge on any atom is 0.150 e. The quantitative estimate of drug-likeness (QED) is 0.148. The second-order valence-corrected chi connectivity index (χ2v) is 9.99. The Hall–Kier alpha value is -5.10. The fourth-order valence-corrected chi connectivity index (χ4v) is 4.64. The van der Waals surface area contributed by atoms with E-state index < -0.39 is 0 Å². The molecule has 0 saturated heterocycles. The first-order valence-electron chi connectivity index (χ1n) is 14.3. The van der Waals surface area contributed by atoms with Gasteiger partial charge in [-0.1, -0.05) is 63.1 Å². The number of hydrogen-bond donors (Lipinski definition) is 2. The van der Waals surface area contributed by atoms with Gasteiger partial charge in [0.05, 0.1) is 11.4 Å². The number of ether oxygens (including phenoxy) is 4. The number of benzene rings is 5. The largest absolute Gasteiger partial charge is 0.457 e. The van der Waals surface area contributed by atoms with Gasteiger partial charge in [0, 0.05) is 12.1 Å². The number of anilines is 2. The maximum absolute atomic E-state index is 6.33. The van der Waals surface area contributed by atoms with Crippen LogP contribution in [-0.2, 0) is 12.8 Å². The molecule has 5 aromatic rings. The Labute approximate surface area is 247 Å². The van der Waals surface area contributed by atoms with Gasteiger partial charge in [-0.2, -0.15) is 0 Å². The highest BCUT2D eigenvalue weighted by Crippen LogP contribution is 2.35. The summed E-state index contributed by atoms with van der Waals surface area (Å²) in [6.45, 7) is 4.26. The van der Waals surface area contributed by atoms with E-state index in [9.17, 15) is 0 Å². The molecule has 42 heavy (non-hydrogen) atoms. The van der Waals surface area contributed by atoms with Gasteiger partial charge in [-0.05, 0) is 84.6 Å². The molecule has 5 aromatic carbocycles. The van der Waals surface area contributed by atoms with Crippen LogP contribution < -0.4 is 30.4 Å². The summed E-state index contributed by atoms with van der Waals surface area (Å²) in [5, 5.41) is 0. The Bertz CT molecular complexity index is 1510. The summed E-state index contributed by atoms with van der Waals surface area (Å²) < 4.78 is 24.3. The van der Waals surface area contributed by atoms with Crippen LogP contribution >= 0.6 is 0 Å². The molecule has 214 valence electrons. The first kappa shape index (κ1) is 28.4. The molecule has 0 unspecified atom stereocenters. The molecule has 0 heterocycles. The molecule has 0 aliphatic carbocycles. The van der Waals surface area contributed by atoms with Gasteiger partial charge in [-0.3, -0.25) is 0 Å². The first-order valence-corrected chi connectivity index (χ1v) is 14.3. The van der Waals surface area contributed by atoms with E-state index in [1.165, 1.54) is 0 Å². The van der Waals surface area contributed by atoms with Crippen LogP contribution in [0.25, 0.3) is 0 Å². The number of nitrogens with two attached hydrogens (primary N) is 2. The average Bonchev–Trinajstić information content (AvgIpc) is 2.99. The highest BCUT2D eigenvalue weighted by Gasteiger charge is 2.10. The second-order valence-electron chi connectivity index (χ2n) is 9.99. The highest BCUT2D eigenvalue weighted by atomic mass is 16.5. The summed E-state index contributed by atoms with van der Waals surface area (Å²) in [4.78, 5) is 0. The average molecular weight is 561 g/mol. The van der Waals surface area contributed by atoms with E-state index in [4.69, 9.17) is 30.4 Å². The lowest BCUT2D eigenvalue weighted by molar-refractivity contribution is 0.453. The van der Waals surface area contributed by atoms with E-state index in [0.29, 0.717) is 57.4 Å². The molecule has 6 heteroatoms. The zero-order valence-electron chi connectivity index (χ0n) is 24.0. The molecule has 4 N–H and O–H groups in total.